The molecule has 7 nitrogen and oxygen atoms in total. The predicted molar refractivity (Wildman–Crippen MR) is 64.6 cm³/mol. The highest BCUT2D eigenvalue weighted by atomic mass is 16.5. The van der Waals surface area contributed by atoms with E-state index in [1.807, 2.05) is 6.92 Å². The Morgan fingerprint density at radius 3 is 2.72 bits per heavy atom. The summed E-state index contributed by atoms with van der Waals surface area (Å²) in [5.74, 6) is -0.0596. The molecule has 0 atom stereocenters. The number of nitrogens with one attached hydrogen (secondary N) is 2. The number of methoxy groups -OCH3 is 1. The van der Waals surface area contributed by atoms with Crippen LogP contribution in [0.25, 0.3) is 0 Å². The van der Waals surface area contributed by atoms with Gasteiger partial charge in [-0.2, -0.15) is 4.98 Å². The van der Waals surface area contributed by atoms with Gasteiger partial charge in [-0.15, -0.1) is 5.10 Å². The fourth-order valence-corrected chi connectivity index (χ4v) is 1.50. The summed E-state index contributed by atoms with van der Waals surface area (Å²) in [5, 5.41) is 8.86. The van der Waals surface area contributed by atoms with Crippen LogP contribution in [0, 0.1) is 13.8 Å². The monoisotopic (exact) mass is 247 g/mol. The first-order valence-electron chi connectivity index (χ1n) is 5.32. The number of pyridine rings is 1. The Balaban J connectivity index is 2.16. The Morgan fingerprint density at radius 2 is 2.11 bits per heavy atom. The van der Waals surface area contributed by atoms with Crippen molar-refractivity contribution in [1.82, 2.24) is 20.2 Å². The highest BCUT2D eigenvalue weighted by Crippen LogP contribution is 2.10. The fourth-order valence-electron chi connectivity index (χ4n) is 1.50. The SMILES string of the molecule is COc1n[nH]c(NC(=O)c2ccc(C)nc2C)n1. The topological polar surface area (TPSA) is 92.8 Å². The van der Waals surface area contributed by atoms with Crippen LogP contribution in [0.2, 0.25) is 0 Å². The highest BCUT2D eigenvalue weighted by Gasteiger charge is 2.12. The maximum atomic E-state index is 12.0. The van der Waals surface area contributed by atoms with Crippen LogP contribution in [0.3, 0.4) is 0 Å². The van der Waals surface area contributed by atoms with Crippen molar-refractivity contribution in [2.24, 2.45) is 0 Å². The Labute approximate surface area is 104 Å². The summed E-state index contributed by atoms with van der Waals surface area (Å²) in [6.07, 6.45) is 0. The molecule has 0 aliphatic carbocycles. The van der Waals surface area contributed by atoms with E-state index in [4.69, 9.17) is 4.74 Å². The van der Waals surface area contributed by atoms with E-state index in [0.717, 1.165) is 5.69 Å². The standard InChI is InChI=1S/C11H13N5O2/c1-6-4-5-8(7(2)12-6)9(17)13-10-14-11(18-3)16-15-10/h4-5H,1-3H3,(H2,13,14,15,16,17). The number of rotatable bonds is 3. The maximum Gasteiger partial charge on any atom is 0.336 e. The molecular weight excluding hydrogens is 234 g/mol. The molecule has 0 aliphatic rings. The molecule has 0 saturated carbocycles. The van der Waals surface area contributed by atoms with E-state index in [9.17, 15) is 4.79 Å². The second kappa shape index (κ2) is 4.82. The number of amides is 1. The predicted octanol–water partition coefficient (Wildman–Crippen LogP) is 1.08. The number of ether oxygens (including phenoxy) is 1. The van der Waals surface area contributed by atoms with Crippen molar-refractivity contribution in [2.45, 2.75) is 13.8 Å². The summed E-state index contributed by atoms with van der Waals surface area (Å²) in [6, 6.07) is 3.67. The molecule has 94 valence electrons. The summed E-state index contributed by atoms with van der Waals surface area (Å²) >= 11 is 0. The number of H-pyrrole nitrogens is 1. The minimum Gasteiger partial charge on any atom is -0.466 e. The quantitative estimate of drug-likeness (QED) is 0.846. The molecule has 2 N–H and O–H groups in total. The van der Waals surface area contributed by atoms with Gasteiger partial charge in [-0.3, -0.25) is 15.1 Å². The molecule has 0 radical (unpaired) electrons. The minimum absolute atomic E-state index is 0.170. The summed E-state index contributed by atoms with van der Waals surface area (Å²) in [4.78, 5) is 20.1. The van der Waals surface area contributed by atoms with Gasteiger partial charge in [0.1, 0.15) is 0 Å². The summed E-state index contributed by atoms with van der Waals surface area (Å²) in [5.41, 5.74) is 2.03. The molecule has 0 aromatic carbocycles. The highest BCUT2D eigenvalue weighted by molar-refractivity contribution is 6.04. The number of carbonyl (C=O) groups is 1. The van der Waals surface area contributed by atoms with Crippen molar-refractivity contribution in [3.05, 3.63) is 29.1 Å². The zero-order chi connectivity index (χ0) is 13.1. The van der Waals surface area contributed by atoms with Gasteiger partial charge in [0, 0.05) is 5.69 Å². The van der Waals surface area contributed by atoms with E-state index >= 15 is 0 Å². The van der Waals surface area contributed by atoms with Crippen molar-refractivity contribution in [2.75, 3.05) is 12.4 Å². The molecule has 1 amide bonds. The molecule has 0 bridgehead atoms. The normalized spacial score (nSPS) is 10.2. The van der Waals surface area contributed by atoms with Crippen LogP contribution in [0.5, 0.6) is 6.01 Å². The second-order valence-corrected chi connectivity index (χ2v) is 3.71. The summed E-state index contributed by atoms with van der Waals surface area (Å²) in [6.45, 7) is 3.65. The Morgan fingerprint density at radius 1 is 1.33 bits per heavy atom. The molecule has 0 unspecified atom stereocenters. The maximum absolute atomic E-state index is 12.0. The van der Waals surface area contributed by atoms with E-state index in [2.05, 4.69) is 25.5 Å². The van der Waals surface area contributed by atoms with Crippen molar-refractivity contribution in [3.63, 3.8) is 0 Å². The van der Waals surface area contributed by atoms with Crippen molar-refractivity contribution < 1.29 is 9.53 Å². The molecule has 18 heavy (non-hydrogen) atoms. The molecule has 2 rings (SSSR count). The molecule has 0 fully saturated rings. The summed E-state index contributed by atoms with van der Waals surface area (Å²) in [7, 11) is 1.45. The van der Waals surface area contributed by atoms with E-state index in [-0.39, 0.29) is 17.9 Å². The molecule has 2 heterocycles. The van der Waals surface area contributed by atoms with Crippen LogP contribution in [0.1, 0.15) is 21.7 Å². The first-order chi connectivity index (χ1) is 8.60. The van der Waals surface area contributed by atoms with Crippen LogP contribution >= 0.6 is 0 Å². The third kappa shape index (κ3) is 2.45. The molecule has 7 heteroatoms. The Bertz CT molecular complexity index is 579. The van der Waals surface area contributed by atoms with Gasteiger partial charge in [0.15, 0.2) is 0 Å². The molecule has 0 aliphatic heterocycles. The second-order valence-electron chi connectivity index (χ2n) is 3.71. The lowest BCUT2D eigenvalue weighted by Crippen LogP contribution is -2.15. The lowest BCUT2D eigenvalue weighted by molar-refractivity contribution is 0.102. The number of aryl methyl sites for hydroxylation is 2. The number of hydrogen-bond acceptors (Lipinski definition) is 5. The number of anilines is 1. The van der Waals surface area contributed by atoms with Crippen LogP contribution < -0.4 is 10.1 Å². The first kappa shape index (κ1) is 12.0. The van der Waals surface area contributed by atoms with Crippen LogP contribution in [-0.4, -0.2) is 33.2 Å². The average molecular weight is 247 g/mol. The van der Waals surface area contributed by atoms with Crippen molar-refractivity contribution in [1.29, 1.82) is 0 Å². The molecule has 2 aromatic rings. The minimum atomic E-state index is -0.293. The molecule has 2 aromatic heterocycles. The van der Waals surface area contributed by atoms with E-state index in [0.29, 0.717) is 11.3 Å². The third-order valence-electron chi connectivity index (χ3n) is 2.35. The Kier molecular flexibility index (Phi) is 3.22. The van der Waals surface area contributed by atoms with Crippen LogP contribution in [0.15, 0.2) is 12.1 Å². The fraction of sp³-hybridized carbons (Fsp3) is 0.273. The average Bonchev–Trinajstić information content (AvgIpc) is 2.76. The number of aromatic amines is 1. The Hall–Kier alpha value is -2.44. The zero-order valence-electron chi connectivity index (χ0n) is 10.3. The van der Waals surface area contributed by atoms with E-state index < -0.39 is 0 Å². The first-order valence-corrected chi connectivity index (χ1v) is 5.32. The number of hydrogen-bond donors (Lipinski definition) is 2. The van der Waals surface area contributed by atoms with Crippen molar-refractivity contribution in [3.8, 4) is 6.01 Å². The van der Waals surface area contributed by atoms with Gasteiger partial charge in [0.2, 0.25) is 5.95 Å². The van der Waals surface area contributed by atoms with Gasteiger partial charge >= 0.3 is 6.01 Å². The largest absolute Gasteiger partial charge is 0.466 e. The van der Waals surface area contributed by atoms with Gasteiger partial charge in [-0.05, 0) is 26.0 Å². The van der Waals surface area contributed by atoms with Gasteiger partial charge < -0.3 is 4.74 Å². The smallest absolute Gasteiger partial charge is 0.336 e. The number of nitrogens with zero attached hydrogens (tertiary/aromatic N) is 3. The summed E-state index contributed by atoms with van der Waals surface area (Å²) < 4.78 is 4.80. The van der Waals surface area contributed by atoms with Crippen LogP contribution in [0.4, 0.5) is 5.95 Å². The third-order valence-corrected chi connectivity index (χ3v) is 2.35. The van der Waals surface area contributed by atoms with E-state index in [1.165, 1.54) is 7.11 Å². The lowest BCUT2D eigenvalue weighted by atomic mass is 10.2. The van der Waals surface area contributed by atoms with Crippen LogP contribution in [-0.2, 0) is 0 Å². The lowest BCUT2D eigenvalue weighted by Gasteiger charge is -2.05. The van der Waals surface area contributed by atoms with Gasteiger partial charge in [0.25, 0.3) is 5.91 Å². The molecule has 0 saturated heterocycles. The van der Waals surface area contributed by atoms with Crippen molar-refractivity contribution >= 4 is 11.9 Å². The molecule has 0 spiro atoms. The van der Waals surface area contributed by atoms with Gasteiger partial charge in [-0.25, -0.2) is 5.10 Å². The van der Waals surface area contributed by atoms with Gasteiger partial charge in [-0.1, -0.05) is 0 Å². The van der Waals surface area contributed by atoms with E-state index in [1.54, 1.807) is 19.1 Å². The zero-order valence-corrected chi connectivity index (χ0v) is 10.3. The number of aromatic nitrogens is 4. The molecular formula is C11H13N5O2. The number of carbonyl (C=O) groups excluding carboxylic acids is 1. The van der Waals surface area contributed by atoms with Gasteiger partial charge in [0.05, 0.1) is 18.4 Å².